The topological polar surface area (TPSA) is 80.7 Å². The number of aromatic nitrogens is 2. The number of halogens is 1. The molecule has 8 heteroatoms. The highest BCUT2D eigenvalue weighted by Gasteiger charge is 2.32. The van der Waals surface area contributed by atoms with E-state index in [0.29, 0.717) is 34.2 Å². The number of hydrogen-bond donors (Lipinski definition) is 1. The Kier molecular flexibility index (Phi) is 4.72. The summed E-state index contributed by atoms with van der Waals surface area (Å²) in [6.07, 6.45) is 5.86. The Bertz CT molecular complexity index is 1300. The van der Waals surface area contributed by atoms with Crippen LogP contribution in [0.3, 0.4) is 0 Å². The van der Waals surface area contributed by atoms with E-state index in [1.165, 1.54) is 11.3 Å². The van der Waals surface area contributed by atoms with Gasteiger partial charge in [-0.05, 0) is 48.4 Å². The first-order valence-electron chi connectivity index (χ1n) is 9.76. The van der Waals surface area contributed by atoms with Crippen LogP contribution in [0.25, 0.3) is 15.7 Å². The maximum atomic E-state index is 13.3. The highest BCUT2D eigenvalue weighted by atomic mass is 35.5. The molecule has 1 fully saturated rings. The molecular weight excluding hydrogens is 420 g/mol. The fourth-order valence-electron chi connectivity index (χ4n) is 4.27. The van der Waals surface area contributed by atoms with Gasteiger partial charge >= 0.3 is 0 Å². The van der Waals surface area contributed by atoms with Gasteiger partial charge in [0.2, 0.25) is 0 Å². The van der Waals surface area contributed by atoms with Crippen molar-refractivity contribution in [1.82, 2.24) is 14.3 Å². The fraction of sp³-hybridized carbons (Fsp3) is 0.227. The highest BCUT2D eigenvalue weighted by Crippen LogP contribution is 2.34. The molecule has 2 amide bonds. The maximum Gasteiger partial charge on any atom is 0.274 e. The Balaban J connectivity index is 1.47. The van der Waals surface area contributed by atoms with Crippen molar-refractivity contribution in [3.63, 3.8) is 0 Å². The van der Waals surface area contributed by atoms with Crippen LogP contribution in [-0.2, 0) is 6.42 Å². The van der Waals surface area contributed by atoms with Crippen LogP contribution in [0.5, 0.6) is 0 Å². The molecule has 1 aromatic carbocycles. The highest BCUT2D eigenvalue weighted by molar-refractivity contribution is 7.21. The Morgan fingerprint density at radius 1 is 1.20 bits per heavy atom. The molecule has 1 saturated heterocycles. The largest absolute Gasteiger partial charge is 0.365 e. The van der Waals surface area contributed by atoms with Crippen LogP contribution in [-0.4, -0.2) is 38.7 Å². The van der Waals surface area contributed by atoms with E-state index >= 15 is 0 Å². The van der Waals surface area contributed by atoms with Crippen molar-refractivity contribution in [1.29, 1.82) is 0 Å². The number of hydrogen-bond acceptors (Lipinski definition) is 4. The molecule has 0 bridgehead atoms. The normalized spacial score (nSPS) is 16.6. The van der Waals surface area contributed by atoms with E-state index in [1.807, 2.05) is 29.2 Å². The first-order chi connectivity index (χ1) is 14.5. The second-order valence-electron chi connectivity index (χ2n) is 7.51. The van der Waals surface area contributed by atoms with Crippen LogP contribution in [0.4, 0.5) is 0 Å². The molecule has 2 N–H and O–H groups in total. The molecule has 0 radical (unpaired) electrons. The van der Waals surface area contributed by atoms with Crippen molar-refractivity contribution in [3.05, 3.63) is 69.9 Å². The van der Waals surface area contributed by atoms with Crippen molar-refractivity contribution in [3.8, 4) is 0 Å². The third-order valence-electron chi connectivity index (χ3n) is 5.63. The lowest BCUT2D eigenvalue weighted by Crippen LogP contribution is -2.37. The van der Waals surface area contributed by atoms with Crippen molar-refractivity contribution in [2.24, 2.45) is 5.73 Å². The summed E-state index contributed by atoms with van der Waals surface area (Å²) in [6, 6.07) is 11.5. The van der Waals surface area contributed by atoms with Crippen molar-refractivity contribution >= 4 is 50.5 Å². The van der Waals surface area contributed by atoms with Crippen molar-refractivity contribution in [2.75, 3.05) is 6.54 Å². The van der Waals surface area contributed by atoms with Crippen LogP contribution >= 0.6 is 22.9 Å². The van der Waals surface area contributed by atoms with Gasteiger partial charge in [-0.25, -0.2) is 4.98 Å². The number of likely N-dealkylation sites (tertiary alicyclic amines) is 1. The van der Waals surface area contributed by atoms with Gasteiger partial charge in [0, 0.05) is 29.7 Å². The van der Waals surface area contributed by atoms with Gasteiger partial charge in [-0.1, -0.05) is 29.8 Å². The molecule has 1 aliphatic rings. The number of nitrogens with two attached hydrogens (primary N) is 1. The third kappa shape index (κ3) is 3.24. The van der Waals surface area contributed by atoms with E-state index in [0.717, 1.165) is 28.5 Å². The number of imidazole rings is 1. The number of carbonyl (C=O) groups is 2. The van der Waals surface area contributed by atoms with Crippen LogP contribution in [0.2, 0.25) is 5.02 Å². The molecule has 30 heavy (non-hydrogen) atoms. The molecule has 0 saturated carbocycles. The van der Waals surface area contributed by atoms with Gasteiger partial charge in [-0.15, -0.1) is 11.3 Å². The summed E-state index contributed by atoms with van der Waals surface area (Å²) in [5.74, 6) is -0.517. The second kappa shape index (κ2) is 7.41. The van der Waals surface area contributed by atoms with Crippen LogP contribution in [0.15, 0.2) is 48.8 Å². The maximum absolute atomic E-state index is 13.3. The Hall–Kier alpha value is -2.90. The van der Waals surface area contributed by atoms with E-state index < -0.39 is 5.91 Å². The van der Waals surface area contributed by atoms with Gasteiger partial charge in [-0.2, -0.15) is 0 Å². The summed E-state index contributed by atoms with van der Waals surface area (Å²) < 4.78 is 2.80. The van der Waals surface area contributed by atoms with E-state index in [9.17, 15) is 9.59 Å². The minimum Gasteiger partial charge on any atom is -0.365 e. The summed E-state index contributed by atoms with van der Waals surface area (Å²) in [7, 11) is 0. The molecule has 4 heterocycles. The number of pyridine rings is 1. The summed E-state index contributed by atoms with van der Waals surface area (Å²) >= 11 is 7.46. The average molecular weight is 439 g/mol. The van der Waals surface area contributed by atoms with Crippen LogP contribution in [0, 0.1) is 0 Å². The van der Waals surface area contributed by atoms with Crippen LogP contribution in [0.1, 0.15) is 38.6 Å². The van der Waals surface area contributed by atoms with Gasteiger partial charge in [-0.3, -0.25) is 9.59 Å². The quantitative estimate of drug-likeness (QED) is 0.519. The third-order valence-corrected chi connectivity index (χ3v) is 7.09. The summed E-state index contributed by atoms with van der Waals surface area (Å²) in [4.78, 5) is 32.2. The first-order valence-corrected chi connectivity index (χ1v) is 11.0. The fourth-order valence-corrected chi connectivity index (χ4v) is 5.52. The lowest BCUT2D eigenvalue weighted by molar-refractivity contribution is 0.0731. The molecular formula is C22H19ClN4O2S. The number of fused-ring (bicyclic) bond motifs is 2. The molecule has 6 nitrogen and oxygen atoms in total. The molecule has 0 spiro atoms. The number of benzene rings is 1. The molecule has 5 rings (SSSR count). The van der Waals surface area contributed by atoms with Gasteiger partial charge in [0.1, 0.15) is 11.3 Å². The van der Waals surface area contributed by atoms with E-state index in [2.05, 4.69) is 4.98 Å². The zero-order valence-electron chi connectivity index (χ0n) is 16.0. The molecule has 4 aromatic rings. The summed E-state index contributed by atoms with van der Waals surface area (Å²) in [6.45, 7) is 0.673. The molecule has 3 aromatic heterocycles. The monoisotopic (exact) mass is 438 g/mol. The predicted molar refractivity (Wildman–Crippen MR) is 118 cm³/mol. The Labute approximate surface area is 181 Å². The number of rotatable bonds is 4. The summed E-state index contributed by atoms with van der Waals surface area (Å²) in [5.41, 5.74) is 7.68. The van der Waals surface area contributed by atoms with E-state index in [1.54, 1.807) is 28.9 Å². The minimum atomic E-state index is -0.417. The predicted octanol–water partition coefficient (Wildman–Crippen LogP) is 4.15. The SMILES string of the molecule is NC(=O)c1sc2ccccc2c1CC1CCCN1C(=O)c1cn2cc(Cl)ccc2n1. The lowest BCUT2D eigenvalue weighted by Gasteiger charge is -2.24. The average Bonchev–Trinajstić information content (AvgIpc) is 3.44. The van der Waals surface area contributed by atoms with Gasteiger partial charge < -0.3 is 15.0 Å². The smallest absolute Gasteiger partial charge is 0.274 e. The van der Waals surface area contributed by atoms with Gasteiger partial charge in [0.25, 0.3) is 11.8 Å². The van der Waals surface area contributed by atoms with Crippen molar-refractivity contribution in [2.45, 2.75) is 25.3 Å². The zero-order chi connectivity index (χ0) is 20.8. The Morgan fingerprint density at radius 3 is 2.87 bits per heavy atom. The van der Waals surface area contributed by atoms with E-state index in [4.69, 9.17) is 17.3 Å². The number of carbonyl (C=O) groups excluding carboxylic acids is 2. The number of amides is 2. The first kappa shape index (κ1) is 19.1. The standard InChI is InChI=1S/C22H19ClN4O2S/c23-13-7-8-19-25-17(12-26(19)11-13)22(29)27-9-3-4-14(27)10-16-15-5-1-2-6-18(15)30-20(16)21(24)28/h1-2,5-8,11-12,14H,3-4,9-10H2,(H2,24,28). The molecule has 1 unspecified atom stereocenters. The zero-order valence-corrected chi connectivity index (χ0v) is 17.6. The van der Waals surface area contributed by atoms with Gasteiger partial charge in [0.15, 0.2) is 0 Å². The minimum absolute atomic E-state index is 0.00186. The summed E-state index contributed by atoms with van der Waals surface area (Å²) in [5, 5.41) is 1.62. The van der Waals surface area contributed by atoms with Crippen molar-refractivity contribution < 1.29 is 9.59 Å². The lowest BCUT2D eigenvalue weighted by atomic mass is 10.0. The van der Waals surface area contributed by atoms with E-state index in [-0.39, 0.29) is 11.9 Å². The second-order valence-corrected chi connectivity index (χ2v) is 9.00. The molecule has 1 atom stereocenters. The number of thiophene rings is 1. The molecule has 152 valence electrons. The number of nitrogens with zero attached hydrogens (tertiary/aromatic N) is 3. The number of primary amides is 1. The Morgan fingerprint density at radius 2 is 2.03 bits per heavy atom. The van der Waals surface area contributed by atoms with Gasteiger partial charge in [0.05, 0.1) is 9.90 Å². The molecule has 1 aliphatic heterocycles. The van der Waals surface area contributed by atoms with Crippen LogP contribution < -0.4 is 5.73 Å². The molecule has 0 aliphatic carbocycles.